The third-order valence-electron chi connectivity index (χ3n) is 2.18. The molecule has 90 valence electrons. The van der Waals surface area contributed by atoms with Gasteiger partial charge in [0.2, 0.25) is 11.8 Å². The predicted molar refractivity (Wildman–Crippen MR) is 61.6 cm³/mol. The van der Waals surface area contributed by atoms with Gasteiger partial charge >= 0.3 is 5.97 Å². The molecular formula is C12H13NO4. The Morgan fingerprint density at radius 3 is 2.06 bits per heavy atom. The minimum atomic E-state index is -0.590. The molecule has 0 saturated carbocycles. The highest BCUT2D eigenvalue weighted by molar-refractivity contribution is 6.16. The van der Waals surface area contributed by atoms with Crippen molar-refractivity contribution in [3.05, 3.63) is 29.8 Å². The number of amides is 2. The zero-order valence-electron chi connectivity index (χ0n) is 9.89. The quantitative estimate of drug-likeness (QED) is 0.726. The van der Waals surface area contributed by atoms with Crippen LogP contribution in [0.3, 0.4) is 0 Å². The van der Waals surface area contributed by atoms with E-state index in [9.17, 15) is 14.4 Å². The maximum Gasteiger partial charge on any atom is 0.339 e. The zero-order chi connectivity index (χ0) is 13.0. The van der Waals surface area contributed by atoms with Gasteiger partial charge in [-0.2, -0.15) is 0 Å². The second kappa shape index (κ2) is 5.25. The highest BCUT2D eigenvalue weighted by Gasteiger charge is 2.22. The lowest BCUT2D eigenvalue weighted by molar-refractivity contribution is -0.124. The number of para-hydroxylation sites is 1. The van der Waals surface area contributed by atoms with Gasteiger partial charge < -0.3 is 4.74 Å². The van der Waals surface area contributed by atoms with Crippen LogP contribution in [0, 0.1) is 0 Å². The number of hydrogen-bond donors (Lipinski definition) is 0. The van der Waals surface area contributed by atoms with E-state index in [4.69, 9.17) is 0 Å². The zero-order valence-corrected chi connectivity index (χ0v) is 9.89. The molecule has 0 fully saturated rings. The molecule has 0 atom stereocenters. The summed E-state index contributed by atoms with van der Waals surface area (Å²) in [6.45, 7) is 2.52. The molecule has 0 aromatic heterocycles. The van der Waals surface area contributed by atoms with Gasteiger partial charge in [0.05, 0.1) is 18.4 Å². The fourth-order valence-corrected chi connectivity index (χ4v) is 1.51. The van der Waals surface area contributed by atoms with Gasteiger partial charge in [-0.25, -0.2) is 4.79 Å². The monoisotopic (exact) mass is 235 g/mol. The van der Waals surface area contributed by atoms with Crippen molar-refractivity contribution >= 4 is 23.5 Å². The van der Waals surface area contributed by atoms with Crippen LogP contribution in [0.15, 0.2) is 24.3 Å². The first-order chi connectivity index (χ1) is 7.99. The van der Waals surface area contributed by atoms with Gasteiger partial charge in [0.15, 0.2) is 0 Å². The predicted octanol–water partition coefficient (Wildman–Crippen LogP) is 1.37. The standard InChI is InChI=1S/C12H13NO4/c1-8(14)13(9(2)15)11-7-5-4-6-10(11)12(16)17-3/h4-7H,1-3H3. The molecule has 0 heterocycles. The molecule has 1 aromatic carbocycles. The van der Waals surface area contributed by atoms with Crippen molar-refractivity contribution < 1.29 is 19.1 Å². The molecular weight excluding hydrogens is 222 g/mol. The molecule has 0 unspecified atom stereocenters. The Labute approximate surface area is 99.0 Å². The van der Waals surface area contributed by atoms with E-state index < -0.39 is 17.8 Å². The van der Waals surface area contributed by atoms with E-state index in [0.717, 1.165) is 4.90 Å². The minimum Gasteiger partial charge on any atom is -0.465 e. The Kier molecular flexibility index (Phi) is 3.98. The molecule has 1 aromatic rings. The summed E-state index contributed by atoms with van der Waals surface area (Å²) in [6.07, 6.45) is 0. The van der Waals surface area contributed by atoms with Crippen molar-refractivity contribution in [3.8, 4) is 0 Å². The number of esters is 1. The van der Waals surface area contributed by atoms with Gasteiger partial charge in [-0.05, 0) is 12.1 Å². The molecule has 2 amide bonds. The molecule has 0 spiro atoms. The van der Waals surface area contributed by atoms with Crippen molar-refractivity contribution in [2.75, 3.05) is 12.0 Å². The second-order valence-electron chi connectivity index (χ2n) is 3.38. The third-order valence-corrected chi connectivity index (χ3v) is 2.18. The largest absolute Gasteiger partial charge is 0.465 e. The van der Waals surface area contributed by atoms with Crippen LogP contribution >= 0.6 is 0 Å². The molecule has 0 N–H and O–H groups in total. The molecule has 0 saturated heterocycles. The van der Waals surface area contributed by atoms with Crippen LogP contribution in [0.2, 0.25) is 0 Å². The van der Waals surface area contributed by atoms with Gasteiger partial charge in [-0.15, -0.1) is 0 Å². The van der Waals surface area contributed by atoms with Crippen LogP contribution in [0.4, 0.5) is 5.69 Å². The summed E-state index contributed by atoms with van der Waals surface area (Å²) in [5.74, 6) is -1.49. The maximum absolute atomic E-state index is 11.5. The molecule has 0 bridgehead atoms. The summed E-state index contributed by atoms with van der Waals surface area (Å²) in [5.41, 5.74) is 0.416. The van der Waals surface area contributed by atoms with E-state index in [1.807, 2.05) is 0 Å². The molecule has 0 aliphatic heterocycles. The lowest BCUT2D eigenvalue weighted by Crippen LogP contribution is -2.34. The van der Waals surface area contributed by atoms with Crippen molar-refractivity contribution in [1.82, 2.24) is 0 Å². The summed E-state index contributed by atoms with van der Waals surface area (Å²) in [5, 5.41) is 0. The smallest absolute Gasteiger partial charge is 0.339 e. The number of carbonyl (C=O) groups is 3. The first-order valence-electron chi connectivity index (χ1n) is 4.97. The van der Waals surface area contributed by atoms with Crippen molar-refractivity contribution in [2.24, 2.45) is 0 Å². The van der Waals surface area contributed by atoms with Gasteiger partial charge in [-0.3, -0.25) is 14.5 Å². The number of hydrogen-bond acceptors (Lipinski definition) is 4. The number of carbonyl (C=O) groups excluding carboxylic acids is 3. The minimum absolute atomic E-state index is 0.181. The number of anilines is 1. The van der Waals surface area contributed by atoms with Crippen LogP contribution in [-0.2, 0) is 14.3 Å². The average molecular weight is 235 g/mol. The summed E-state index contributed by atoms with van der Waals surface area (Å²) in [7, 11) is 1.24. The number of methoxy groups -OCH3 is 1. The maximum atomic E-state index is 11.5. The van der Waals surface area contributed by atoms with Crippen LogP contribution in [0.1, 0.15) is 24.2 Å². The number of nitrogens with zero attached hydrogens (tertiary/aromatic N) is 1. The average Bonchev–Trinajstić information content (AvgIpc) is 2.28. The van der Waals surface area contributed by atoms with Gasteiger partial charge in [0.25, 0.3) is 0 Å². The summed E-state index contributed by atoms with van der Waals surface area (Å²) in [6, 6.07) is 6.30. The Bertz CT molecular complexity index is 453. The Morgan fingerprint density at radius 2 is 1.59 bits per heavy atom. The Balaban J connectivity index is 3.33. The summed E-state index contributed by atoms with van der Waals surface area (Å²) < 4.78 is 4.60. The van der Waals surface area contributed by atoms with E-state index in [1.54, 1.807) is 12.1 Å². The lowest BCUT2D eigenvalue weighted by atomic mass is 10.1. The molecule has 1 rings (SSSR count). The molecule has 5 nitrogen and oxygen atoms in total. The fourth-order valence-electron chi connectivity index (χ4n) is 1.51. The van der Waals surface area contributed by atoms with E-state index in [0.29, 0.717) is 0 Å². The van der Waals surface area contributed by atoms with Crippen molar-refractivity contribution in [3.63, 3.8) is 0 Å². The van der Waals surface area contributed by atoms with Crippen LogP contribution in [-0.4, -0.2) is 24.9 Å². The fraction of sp³-hybridized carbons (Fsp3) is 0.250. The molecule has 5 heteroatoms. The van der Waals surface area contributed by atoms with E-state index in [-0.39, 0.29) is 11.3 Å². The highest BCUT2D eigenvalue weighted by Crippen LogP contribution is 2.21. The topological polar surface area (TPSA) is 63.7 Å². The van der Waals surface area contributed by atoms with Gasteiger partial charge in [0, 0.05) is 13.8 Å². The van der Waals surface area contributed by atoms with Gasteiger partial charge in [-0.1, -0.05) is 12.1 Å². The Hall–Kier alpha value is -2.17. The molecule has 0 radical (unpaired) electrons. The van der Waals surface area contributed by atoms with E-state index in [2.05, 4.69) is 4.74 Å². The summed E-state index contributed by atoms with van der Waals surface area (Å²) in [4.78, 5) is 35.3. The molecule has 0 aliphatic rings. The van der Waals surface area contributed by atoms with Crippen molar-refractivity contribution in [1.29, 1.82) is 0 Å². The second-order valence-corrected chi connectivity index (χ2v) is 3.38. The van der Waals surface area contributed by atoms with Crippen LogP contribution < -0.4 is 4.90 Å². The normalized spacial score (nSPS) is 9.59. The van der Waals surface area contributed by atoms with E-state index >= 15 is 0 Å². The first kappa shape index (κ1) is 12.9. The third kappa shape index (κ3) is 2.69. The number of ether oxygens (including phenoxy) is 1. The lowest BCUT2D eigenvalue weighted by Gasteiger charge is -2.19. The SMILES string of the molecule is COC(=O)c1ccccc1N(C(C)=O)C(C)=O. The molecule has 17 heavy (non-hydrogen) atoms. The number of benzene rings is 1. The number of imide groups is 1. The Morgan fingerprint density at radius 1 is 1.06 bits per heavy atom. The highest BCUT2D eigenvalue weighted by atomic mass is 16.5. The molecule has 0 aliphatic carbocycles. The number of rotatable bonds is 2. The van der Waals surface area contributed by atoms with Crippen molar-refractivity contribution in [2.45, 2.75) is 13.8 Å². The van der Waals surface area contributed by atoms with Gasteiger partial charge in [0.1, 0.15) is 0 Å². The van der Waals surface area contributed by atoms with E-state index in [1.165, 1.54) is 33.1 Å². The van der Waals surface area contributed by atoms with Crippen LogP contribution in [0.25, 0.3) is 0 Å². The van der Waals surface area contributed by atoms with Crippen LogP contribution in [0.5, 0.6) is 0 Å². The summed E-state index contributed by atoms with van der Waals surface area (Å²) >= 11 is 0. The first-order valence-corrected chi connectivity index (χ1v) is 4.97.